The average molecular weight is 327 g/mol. The molecule has 1 heterocycles. The second-order valence-electron chi connectivity index (χ2n) is 5.91. The number of hydrogen-bond donors (Lipinski definition) is 2. The van der Waals surface area contributed by atoms with Crippen LogP contribution in [0.15, 0.2) is 12.1 Å². The molecule has 1 aliphatic heterocycles. The Morgan fingerprint density at radius 2 is 2.14 bits per heavy atom. The maximum absolute atomic E-state index is 11.9. The van der Waals surface area contributed by atoms with E-state index < -0.39 is 0 Å². The summed E-state index contributed by atoms with van der Waals surface area (Å²) in [7, 11) is 0. The number of aryl methyl sites for hydroxylation is 2. The number of ether oxygens (including phenoxy) is 1. The van der Waals surface area contributed by atoms with Gasteiger partial charge < -0.3 is 15.4 Å². The maximum Gasteiger partial charge on any atom is 0.223 e. The van der Waals surface area contributed by atoms with Crippen molar-refractivity contribution in [2.75, 3.05) is 19.7 Å². The van der Waals surface area contributed by atoms with Gasteiger partial charge in [0.1, 0.15) is 5.75 Å². The third-order valence-corrected chi connectivity index (χ3v) is 4.01. The molecule has 0 bridgehead atoms. The summed E-state index contributed by atoms with van der Waals surface area (Å²) in [6.07, 6.45) is 2.60. The molecule has 4 nitrogen and oxygen atoms in total. The third kappa shape index (κ3) is 5.50. The van der Waals surface area contributed by atoms with Crippen LogP contribution in [0.3, 0.4) is 0 Å². The molecular formula is C17H27ClN2O2. The van der Waals surface area contributed by atoms with Gasteiger partial charge in [0.2, 0.25) is 5.91 Å². The van der Waals surface area contributed by atoms with Gasteiger partial charge in [0.05, 0.1) is 13.0 Å². The van der Waals surface area contributed by atoms with E-state index in [0.717, 1.165) is 37.2 Å². The molecule has 2 N–H and O–H groups in total. The SMILES string of the molecule is Cc1cc(C)c(C)c(OCCC(=O)NC2CCCNC2)c1.Cl. The van der Waals surface area contributed by atoms with Crippen LogP contribution in [0, 0.1) is 20.8 Å². The van der Waals surface area contributed by atoms with Crippen LogP contribution in [0.2, 0.25) is 0 Å². The first-order valence-electron chi connectivity index (χ1n) is 7.77. The zero-order chi connectivity index (χ0) is 15.2. The van der Waals surface area contributed by atoms with Crippen molar-refractivity contribution in [1.82, 2.24) is 10.6 Å². The van der Waals surface area contributed by atoms with E-state index in [1.807, 2.05) is 6.07 Å². The summed E-state index contributed by atoms with van der Waals surface area (Å²) in [5.41, 5.74) is 3.56. The molecule has 1 saturated heterocycles. The Balaban J connectivity index is 0.00000242. The Labute approximate surface area is 139 Å². The smallest absolute Gasteiger partial charge is 0.223 e. The van der Waals surface area contributed by atoms with E-state index in [4.69, 9.17) is 4.74 Å². The lowest BCUT2D eigenvalue weighted by molar-refractivity contribution is -0.122. The number of benzene rings is 1. The fourth-order valence-corrected chi connectivity index (χ4v) is 2.68. The van der Waals surface area contributed by atoms with Gasteiger partial charge >= 0.3 is 0 Å². The van der Waals surface area contributed by atoms with Crippen LogP contribution in [-0.4, -0.2) is 31.6 Å². The van der Waals surface area contributed by atoms with E-state index in [2.05, 4.69) is 37.5 Å². The number of carbonyl (C=O) groups excluding carboxylic acids is 1. The van der Waals surface area contributed by atoms with Crippen LogP contribution >= 0.6 is 12.4 Å². The molecule has 1 aliphatic rings. The number of amides is 1. The highest BCUT2D eigenvalue weighted by Crippen LogP contribution is 2.23. The van der Waals surface area contributed by atoms with Crippen molar-refractivity contribution >= 4 is 18.3 Å². The molecule has 1 amide bonds. The second kappa shape index (κ2) is 9.01. The predicted molar refractivity (Wildman–Crippen MR) is 92.0 cm³/mol. The van der Waals surface area contributed by atoms with Crippen molar-refractivity contribution in [3.8, 4) is 5.75 Å². The molecule has 5 heteroatoms. The Kier molecular flexibility index (Phi) is 7.69. The number of piperidine rings is 1. The summed E-state index contributed by atoms with van der Waals surface area (Å²) in [5, 5.41) is 6.36. The van der Waals surface area contributed by atoms with Crippen molar-refractivity contribution in [3.63, 3.8) is 0 Å². The van der Waals surface area contributed by atoms with Gasteiger partial charge in [-0.3, -0.25) is 4.79 Å². The van der Waals surface area contributed by atoms with Gasteiger partial charge in [-0.15, -0.1) is 12.4 Å². The minimum atomic E-state index is 0. The molecule has 22 heavy (non-hydrogen) atoms. The summed E-state index contributed by atoms with van der Waals surface area (Å²) >= 11 is 0. The third-order valence-electron chi connectivity index (χ3n) is 4.01. The first-order valence-corrected chi connectivity index (χ1v) is 7.77. The normalized spacial score (nSPS) is 17.5. The van der Waals surface area contributed by atoms with Gasteiger partial charge in [0.25, 0.3) is 0 Å². The number of rotatable bonds is 5. The van der Waals surface area contributed by atoms with Gasteiger partial charge in [-0.25, -0.2) is 0 Å². The fraction of sp³-hybridized carbons (Fsp3) is 0.588. The quantitative estimate of drug-likeness (QED) is 0.874. The Morgan fingerprint density at radius 1 is 1.36 bits per heavy atom. The van der Waals surface area contributed by atoms with Crippen molar-refractivity contribution in [1.29, 1.82) is 0 Å². The molecule has 0 radical (unpaired) electrons. The minimum Gasteiger partial charge on any atom is -0.493 e. The van der Waals surface area contributed by atoms with E-state index >= 15 is 0 Å². The minimum absolute atomic E-state index is 0. The topological polar surface area (TPSA) is 50.4 Å². The van der Waals surface area contributed by atoms with Crippen LogP contribution in [0.5, 0.6) is 5.75 Å². The highest BCUT2D eigenvalue weighted by Gasteiger charge is 2.15. The number of hydrogen-bond acceptors (Lipinski definition) is 3. The lowest BCUT2D eigenvalue weighted by Crippen LogP contribution is -2.45. The number of halogens is 1. The van der Waals surface area contributed by atoms with Gasteiger partial charge in [-0.1, -0.05) is 6.07 Å². The van der Waals surface area contributed by atoms with Gasteiger partial charge in [-0.05, 0) is 62.9 Å². The lowest BCUT2D eigenvalue weighted by atomic mass is 10.1. The van der Waals surface area contributed by atoms with Crippen molar-refractivity contribution in [2.45, 2.75) is 46.1 Å². The standard InChI is InChI=1S/C17H26N2O2.ClH/c1-12-9-13(2)14(3)16(10-12)21-8-6-17(20)19-15-5-4-7-18-11-15;/h9-10,15,18H,4-8,11H2,1-3H3,(H,19,20);1H. The fourth-order valence-electron chi connectivity index (χ4n) is 2.68. The largest absolute Gasteiger partial charge is 0.493 e. The highest BCUT2D eigenvalue weighted by molar-refractivity contribution is 5.85. The molecule has 1 aromatic carbocycles. The van der Waals surface area contributed by atoms with Crippen LogP contribution in [0.4, 0.5) is 0 Å². The maximum atomic E-state index is 11.9. The van der Waals surface area contributed by atoms with E-state index in [1.54, 1.807) is 0 Å². The molecular weight excluding hydrogens is 300 g/mol. The average Bonchev–Trinajstić information content (AvgIpc) is 2.45. The molecule has 124 valence electrons. The summed E-state index contributed by atoms with van der Waals surface area (Å²) in [6, 6.07) is 4.45. The van der Waals surface area contributed by atoms with E-state index in [9.17, 15) is 4.79 Å². The Bertz CT molecular complexity index is 500. The highest BCUT2D eigenvalue weighted by atomic mass is 35.5. The molecule has 1 fully saturated rings. The van der Waals surface area contributed by atoms with Gasteiger partial charge in [-0.2, -0.15) is 0 Å². The zero-order valence-electron chi connectivity index (χ0n) is 13.7. The molecule has 0 spiro atoms. The molecule has 0 saturated carbocycles. The molecule has 1 atom stereocenters. The number of nitrogens with one attached hydrogen (secondary N) is 2. The van der Waals surface area contributed by atoms with E-state index in [-0.39, 0.29) is 24.4 Å². The first-order chi connectivity index (χ1) is 10.1. The molecule has 2 rings (SSSR count). The number of carbonyl (C=O) groups is 1. The monoisotopic (exact) mass is 326 g/mol. The van der Waals surface area contributed by atoms with Crippen molar-refractivity contribution < 1.29 is 9.53 Å². The van der Waals surface area contributed by atoms with E-state index in [1.165, 1.54) is 11.1 Å². The van der Waals surface area contributed by atoms with Crippen molar-refractivity contribution in [2.24, 2.45) is 0 Å². The molecule has 0 aromatic heterocycles. The summed E-state index contributed by atoms with van der Waals surface area (Å²) in [5.74, 6) is 0.963. The summed E-state index contributed by atoms with van der Waals surface area (Å²) in [4.78, 5) is 11.9. The first kappa shape index (κ1) is 18.8. The van der Waals surface area contributed by atoms with Crippen LogP contribution in [0.1, 0.15) is 36.0 Å². The van der Waals surface area contributed by atoms with Crippen molar-refractivity contribution in [3.05, 3.63) is 28.8 Å². The Hall–Kier alpha value is -1.26. The van der Waals surface area contributed by atoms with Gasteiger partial charge in [0.15, 0.2) is 0 Å². The molecule has 1 aromatic rings. The zero-order valence-corrected chi connectivity index (χ0v) is 14.5. The lowest BCUT2D eigenvalue weighted by Gasteiger charge is -2.23. The molecule has 0 aliphatic carbocycles. The Morgan fingerprint density at radius 3 is 2.82 bits per heavy atom. The van der Waals surface area contributed by atoms with Gasteiger partial charge in [0, 0.05) is 12.6 Å². The molecule has 1 unspecified atom stereocenters. The summed E-state index contributed by atoms with van der Waals surface area (Å²) < 4.78 is 5.78. The second-order valence-corrected chi connectivity index (χ2v) is 5.91. The summed E-state index contributed by atoms with van der Waals surface area (Å²) in [6.45, 7) is 8.55. The van der Waals surface area contributed by atoms with Crippen LogP contribution in [-0.2, 0) is 4.79 Å². The van der Waals surface area contributed by atoms with E-state index in [0.29, 0.717) is 13.0 Å². The predicted octanol–water partition coefficient (Wildman–Crippen LogP) is 2.67. The van der Waals surface area contributed by atoms with Crippen LogP contribution in [0.25, 0.3) is 0 Å². The van der Waals surface area contributed by atoms with Crippen LogP contribution < -0.4 is 15.4 Å².